The Morgan fingerprint density at radius 3 is 2.42 bits per heavy atom. The summed E-state index contributed by atoms with van der Waals surface area (Å²) in [4.78, 5) is 20.6. The van der Waals surface area contributed by atoms with E-state index in [1.165, 1.54) is 0 Å². The van der Waals surface area contributed by atoms with Gasteiger partial charge in [0.2, 0.25) is 0 Å². The molecule has 1 atom stereocenters. The number of benzene rings is 2. The van der Waals surface area contributed by atoms with Gasteiger partial charge in [0.15, 0.2) is 0 Å². The Bertz CT molecular complexity index is 1250. The van der Waals surface area contributed by atoms with Crippen LogP contribution in [0, 0.1) is 13.8 Å². The SMILES string of the molecule is Cc1noc(C)c1CN1CCN([C@@H](C(=O)O)c2c(-c3ccccc3)[nH]c3ccccc23)CC1. The molecule has 1 fully saturated rings. The van der Waals surface area contributed by atoms with E-state index in [0.717, 1.165) is 64.4 Å². The maximum atomic E-state index is 12.7. The van der Waals surface area contributed by atoms with E-state index in [4.69, 9.17) is 4.52 Å². The molecule has 0 aliphatic carbocycles. The molecule has 0 amide bonds. The second-order valence-electron chi connectivity index (χ2n) is 8.68. The summed E-state index contributed by atoms with van der Waals surface area (Å²) in [6.07, 6.45) is 0. The monoisotopic (exact) mass is 444 g/mol. The van der Waals surface area contributed by atoms with Gasteiger partial charge in [0, 0.05) is 54.8 Å². The molecule has 0 spiro atoms. The van der Waals surface area contributed by atoms with E-state index < -0.39 is 12.0 Å². The molecule has 7 nitrogen and oxygen atoms in total. The van der Waals surface area contributed by atoms with Crippen LogP contribution in [-0.2, 0) is 11.3 Å². The van der Waals surface area contributed by atoms with Gasteiger partial charge in [0.1, 0.15) is 11.8 Å². The van der Waals surface area contributed by atoms with E-state index in [1.807, 2.05) is 68.4 Å². The second kappa shape index (κ2) is 8.84. The third-order valence-corrected chi connectivity index (χ3v) is 6.65. The number of rotatable bonds is 6. The molecule has 3 heterocycles. The van der Waals surface area contributed by atoms with E-state index in [2.05, 4.69) is 19.9 Å². The molecule has 0 unspecified atom stereocenters. The number of carboxylic acid groups (broad SMARTS) is 1. The molecule has 1 aliphatic heterocycles. The predicted octanol–water partition coefficient (Wildman–Crippen LogP) is 4.38. The van der Waals surface area contributed by atoms with Crippen LogP contribution in [0.4, 0.5) is 0 Å². The zero-order chi connectivity index (χ0) is 22.9. The number of H-pyrrole nitrogens is 1. The van der Waals surface area contributed by atoms with Crippen molar-refractivity contribution in [3.63, 3.8) is 0 Å². The molecule has 4 aromatic rings. The van der Waals surface area contributed by atoms with E-state index in [0.29, 0.717) is 13.1 Å². The highest BCUT2D eigenvalue weighted by Gasteiger charge is 2.34. The lowest BCUT2D eigenvalue weighted by Gasteiger charge is -2.38. The first-order valence-corrected chi connectivity index (χ1v) is 11.3. The summed E-state index contributed by atoms with van der Waals surface area (Å²) in [5.74, 6) is 0.0285. The first kappa shape index (κ1) is 21.4. The highest BCUT2D eigenvalue weighted by Crippen LogP contribution is 2.38. The number of para-hydroxylation sites is 1. The van der Waals surface area contributed by atoms with Crippen molar-refractivity contribution in [2.45, 2.75) is 26.4 Å². The van der Waals surface area contributed by atoms with E-state index in [9.17, 15) is 9.90 Å². The molecule has 2 aromatic carbocycles. The van der Waals surface area contributed by atoms with Crippen LogP contribution in [0.3, 0.4) is 0 Å². The minimum Gasteiger partial charge on any atom is -0.480 e. The summed E-state index contributed by atoms with van der Waals surface area (Å²) in [7, 11) is 0. The zero-order valence-corrected chi connectivity index (χ0v) is 18.9. The minimum absolute atomic E-state index is 0.675. The Hall–Kier alpha value is -3.42. The van der Waals surface area contributed by atoms with Crippen LogP contribution in [0.25, 0.3) is 22.2 Å². The zero-order valence-electron chi connectivity index (χ0n) is 18.9. The predicted molar refractivity (Wildman–Crippen MR) is 127 cm³/mol. The topological polar surface area (TPSA) is 85.6 Å². The standard InChI is InChI=1S/C26H28N4O3/c1-17-21(18(2)33-28-17)16-29-12-14-30(15-13-29)25(26(31)32)23-20-10-6-7-11-22(20)27-24(23)19-8-4-3-5-9-19/h3-11,25,27H,12-16H2,1-2H3,(H,31,32)/t25-/m1/s1. The molecular weight excluding hydrogens is 416 g/mol. The summed E-state index contributed by atoms with van der Waals surface area (Å²) >= 11 is 0. The van der Waals surface area contributed by atoms with Gasteiger partial charge in [0.05, 0.1) is 11.4 Å². The van der Waals surface area contributed by atoms with Crippen molar-refractivity contribution in [1.82, 2.24) is 19.9 Å². The quantitative estimate of drug-likeness (QED) is 0.459. The number of hydrogen-bond acceptors (Lipinski definition) is 5. The number of nitrogens with one attached hydrogen (secondary N) is 1. The third kappa shape index (κ3) is 4.05. The average molecular weight is 445 g/mol. The second-order valence-corrected chi connectivity index (χ2v) is 8.68. The summed E-state index contributed by atoms with van der Waals surface area (Å²) in [6, 6.07) is 17.2. The van der Waals surface area contributed by atoms with E-state index in [1.54, 1.807) is 0 Å². The number of aromatic amines is 1. The fourth-order valence-corrected chi connectivity index (χ4v) is 4.87. The Kier molecular flexibility index (Phi) is 5.74. The van der Waals surface area contributed by atoms with Gasteiger partial charge in [-0.2, -0.15) is 0 Å². The Labute approximate surface area is 192 Å². The lowest BCUT2D eigenvalue weighted by atomic mass is 9.97. The molecule has 0 bridgehead atoms. The number of aryl methyl sites for hydroxylation is 2. The summed E-state index contributed by atoms with van der Waals surface area (Å²) in [5, 5.41) is 15.4. The van der Waals surface area contributed by atoms with Gasteiger partial charge in [-0.1, -0.05) is 53.7 Å². The van der Waals surface area contributed by atoms with Gasteiger partial charge in [-0.05, 0) is 25.5 Å². The van der Waals surface area contributed by atoms with Gasteiger partial charge in [-0.25, -0.2) is 0 Å². The molecule has 1 saturated heterocycles. The molecule has 0 saturated carbocycles. The molecule has 170 valence electrons. The molecule has 2 N–H and O–H groups in total. The van der Waals surface area contributed by atoms with Gasteiger partial charge in [-0.3, -0.25) is 14.6 Å². The van der Waals surface area contributed by atoms with Crippen molar-refractivity contribution in [3.05, 3.63) is 77.2 Å². The molecule has 5 rings (SSSR count). The number of piperazine rings is 1. The van der Waals surface area contributed by atoms with Crippen LogP contribution in [0.5, 0.6) is 0 Å². The summed E-state index contributed by atoms with van der Waals surface area (Å²) in [5.41, 5.74) is 5.71. The molecule has 2 aromatic heterocycles. The first-order chi connectivity index (χ1) is 16.0. The number of carboxylic acids is 1. The largest absolute Gasteiger partial charge is 0.480 e. The molecule has 7 heteroatoms. The van der Waals surface area contributed by atoms with E-state index >= 15 is 0 Å². The summed E-state index contributed by atoms with van der Waals surface area (Å²) in [6.45, 7) is 7.60. The van der Waals surface area contributed by atoms with Crippen LogP contribution in [0.2, 0.25) is 0 Å². The lowest BCUT2D eigenvalue weighted by Crippen LogP contribution is -2.49. The Morgan fingerprint density at radius 2 is 1.76 bits per heavy atom. The molecular formula is C26H28N4O3. The fourth-order valence-electron chi connectivity index (χ4n) is 4.87. The number of aromatic nitrogens is 2. The van der Waals surface area contributed by atoms with Crippen LogP contribution < -0.4 is 0 Å². The lowest BCUT2D eigenvalue weighted by molar-refractivity contribution is -0.144. The minimum atomic E-state index is -0.823. The van der Waals surface area contributed by atoms with E-state index in [-0.39, 0.29) is 0 Å². The maximum Gasteiger partial charge on any atom is 0.325 e. The maximum absolute atomic E-state index is 12.7. The van der Waals surface area contributed by atoms with Crippen LogP contribution in [-0.4, -0.2) is 57.2 Å². The van der Waals surface area contributed by atoms with Crippen LogP contribution in [0.1, 0.15) is 28.6 Å². The smallest absolute Gasteiger partial charge is 0.325 e. The molecule has 1 aliphatic rings. The third-order valence-electron chi connectivity index (χ3n) is 6.65. The number of carbonyl (C=O) groups is 1. The normalized spacial score (nSPS) is 16.3. The Balaban J connectivity index is 1.45. The van der Waals surface area contributed by atoms with Crippen molar-refractivity contribution in [3.8, 4) is 11.3 Å². The number of aliphatic carboxylic acids is 1. The highest BCUT2D eigenvalue weighted by atomic mass is 16.5. The van der Waals surface area contributed by atoms with Crippen LogP contribution in [0.15, 0.2) is 59.1 Å². The van der Waals surface area contributed by atoms with Gasteiger partial charge >= 0.3 is 5.97 Å². The molecule has 0 radical (unpaired) electrons. The average Bonchev–Trinajstić information content (AvgIpc) is 3.36. The van der Waals surface area contributed by atoms with Gasteiger partial charge < -0.3 is 14.6 Å². The van der Waals surface area contributed by atoms with Crippen molar-refractivity contribution in [2.24, 2.45) is 0 Å². The van der Waals surface area contributed by atoms with Crippen LogP contribution >= 0.6 is 0 Å². The number of nitrogens with zero attached hydrogens (tertiary/aromatic N) is 3. The Morgan fingerprint density at radius 1 is 1.06 bits per heavy atom. The first-order valence-electron chi connectivity index (χ1n) is 11.3. The molecule has 33 heavy (non-hydrogen) atoms. The highest BCUT2D eigenvalue weighted by molar-refractivity contribution is 5.95. The van der Waals surface area contributed by atoms with Crippen molar-refractivity contribution >= 4 is 16.9 Å². The number of fused-ring (bicyclic) bond motifs is 1. The number of hydrogen-bond donors (Lipinski definition) is 2. The van der Waals surface area contributed by atoms with Crippen molar-refractivity contribution in [1.29, 1.82) is 0 Å². The fraction of sp³-hybridized carbons (Fsp3) is 0.308. The van der Waals surface area contributed by atoms with Gasteiger partial charge in [0.25, 0.3) is 0 Å². The summed E-state index contributed by atoms with van der Waals surface area (Å²) < 4.78 is 5.30. The van der Waals surface area contributed by atoms with Gasteiger partial charge in [-0.15, -0.1) is 0 Å². The van der Waals surface area contributed by atoms with Crippen molar-refractivity contribution in [2.75, 3.05) is 26.2 Å². The van der Waals surface area contributed by atoms with Crippen molar-refractivity contribution < 1.29 is 14.4 Å².